The normalized spacial score (nSPS) is 25.5. The van der Waals surface area contributed by atoms with Gasteiger partial charge in [-0.05, 0) is 6.08 Å². The third-order valence-corrected chi connectivity index (χ3v) is 2.13. The number of ether oxygens (including phenoxy) is 4. The second kappa shape index (κ2) is 6.89. The van der Waals surface area contributed by atoms with Crippen LogP contribution in [0.2, 0.25) is 0 Å². The Bertz CT molecular complexity index is 388. The van der Waals surface area contributed by atoms with Gasteiger partial charge < -0.3 is 18.9 Å². The molecule has 3 atom stereocenters. The van der Waals surface area contributed by atoms with Crippen molar-refractivity contribution in [2.45, 2.75) is 39.3 Å². The Hall–Kier alpha value is -1.89. The summed E-state index contributed by atoms with van der Waals surface area (Å²) in [4.78, 5) is 32.6. The van der Waals surface area contributed by atoms with Crippen molar-refractivity contribution in [3.8, 4) is 0 Å². The predicted molar refractivity (Wildman–Crippen MR) is 61.8 cm³/mol. The molecule has 0 aromatic heterocycles. The fraction of sp³-hybridized carbons (Fsp3) is 0.583. The zero-order valence-corrected chi connectivity index (χ0v) is 11.0. The maximum Gasteiger partial charge on any atom is 0.305 e. The largest absolute Gasteiger partial charge is 0.463 e. The van der Waals surface area contributed by atoms with Crippen molar-refractivity contribution in [3.05, 3.63) is 12.2 Å². The summed E-state index contributed by atoms with van der Waals surface area (Å²) >= 11 is 0. The molecule has 0 aromatic rings. The van der Waals surface area contributed by atoms with Gasteiger partial charge in [0.15, 0.2) is 6.10 Å². The average molecular weight is 272 g/mol. The van der Waals surface area contributed by atoms with Gasteiger partial charge in [-0.25, -0.2) is 0 Å². The molecule has 7 nitrogen and oxygen atoms in total. The van der Waals surface area contributed by atoms with Crippen molar-refractivity contribution >= 4 is 17.9 Å². The summed E-state index contributed by atoms with van der Waals surface area (Å²) in [6.07, 6.45) is 0.699. The van der Waals surface area contributed by atoms with Crippen LogP contribution in [0, 0.1) is 0 Å². The summed E-state index contributed by atoms with van der Waals surface area (Å²) in [5.41, 5.74) is 0. The number of carbonyl (C=O) groups excluding carboxylic acids is 3. The molecule has 1 rings (SSSR count). The molecule has 0 aromatic carbocycles. The summed E-state index contributed by atoms with van der Waals surface area (Å²) in [5.74, 6) is -1.53. The molecular formula is C12H16O7. The zero-order chi connectivity index (χ0) is 14.4. The molecule has 0 amide bonds. The first-order chi connectivity index (χ1) is 8.88. The Balaban J connectivity index is 2.66. The minimum atomic E-state index is -1.05. The van der Waals surface area contributed by atoms with E-state index in [0.29, 0.717) is 0 Å². The molecule has 106 valence electrons. The summed E-state index contributed by atoms with van der Waals surface area (Å²) in [6.45, 7) is 3.73. The maximum absolute atomic E-state index is 11.0. The lowest BCUT2D eigenvalue weighted by atomic mass is 10.2. The van der Waals surface area contributed by atoms with E-state index in [2.05, 4.69) is 0 Å². The van der Waals surface area contributed by atoms with Gasteiger partial charge in [-0.3, -0.25) is 14.4 Å². The van der Waals surface area contributed by atoms with E-state index >= 15 is 0 Å². The van der Waals surface area contributed by atoms with Crippen molar-refractivity contribution in [2.75, 3.05) is 6.61 Å². The lowest BCUT2D eigenvalue weighted by Gasteiger charge is -2.30. The Morgan fingerprint density at radius 2 is 1.63 bits per heavy atom. The van der Waals surface area contributed by atoms with Crippen molar-refractivity contribution in [1.29, 1.82) is 0 Å². The second-order valence-electron chi connectivity index (χ2n) is 3.91. The van der Waals surface area contributed by atoms with Gasteiger partial charge in [0.05, 0.1) is 0 Å². The van der Waals surface area contributed by atoms with E-state index < -0.39 is 36.4 Å². The first kappa shape index (κ1) is 15.2. The van der Waals surface area contributed by atoms with Gasteiger partial charge in [-0.15, -0.1) is 0 Å². The van der Waals surface area contributed by atoms with Crippen molar-refractivity contribution in [3.63, 3.8) is 0 Å². The van der Waals surface area contributed by atoms with E-state index in [0.717, 1.165) is 0 Å². The van der Waals surface area contributed by atoms with Crippen molar-refractivity contribution in [1.82, 2.24) is 0 Å². The standard InChI is InChI=1S/C12H16O7/c1-7(13)16-6-10-4-5-11(17-8(2)14)12(19-10)18-9(3)15/h4-5,10-12H,6H2,1-3H3/t10-,11-,12-/m0/s1. The summed E-state index contributed by atoms with van der Waals surface area (Å²) in [6, 6.07) is 0. The fourth-order valence-electron chi connectivity index (χ4n) is 1.46. The smallest absolute Gasteiger partial charge is 0.305 e. The van der Waals surface area contributed by atoms with Crippen LogP contribution in [0.15, 0.2) is 12.2 Å². The monoisotopic (exact) mass is 272 g/mol. The molecule has 0 fully saturated rings. The highest BCUT2D eigenvalue weighted by Gasteiger charge is 2.32. The van der Waals surface area contributed by atoms with Crippen LogP contribution >= 0.6 is 0 Å². The quantitative estimate of drug-likeness (QED) is 0.414. The molecule has 0 spiro atoms. The highest BCUT2D eigenvalue weighted by Crippen LogP contribution is 2.18. The van der Waals surface area contributed by atoms with Crippen LogP contribution in [0.25, 0.3) is 0 Å². The van der Waals surface area contributed by atoms with Crippen LogP contribution < -0.4 is 0 Å². The maximum atomic E-state index is 11.0. The zero-order valence-electron chi connectivity index (χ0n) is 11.0. The number of hydrogen-bond acceptors (Lipinski definition) is 7. The van der Waals surface area contributed by atoms with Gasteiger partial charge in [0.2, 0.25) is 6.29 Å². The SMILES string of the molecule is CC(=O)OC[C@@H]1C=C[C@H](OC(C)=O)[C@@H](OC(C)=O)O1. The molecule has 0 N–H and O–H groups in total. The molecule has 0 aliphatic carbocycles. The van der Waals surface area contributed by atoms with Gasteiger partial charge in [0.1, 0.15) is 12.7 Å². The first-order valence-corrected chi connectivity index (χ1v) is 5.70. The number of carbonyl (C=O) groups is 3. The van der Waals surface area contributed by atoms with E-state index in [1.807, 2.05) is 0 Å². The van der Waals surface area contributed by atoms with Gasteiger partial charge in [0, 0.05) is 20.8 Å². The van der Waals surface area contributed by atoms with Crippen LogP contribution in [-0.2, 0) is 33.3 Å². The molecule has 0 radical (unpaired) electrons. The first-order valence-electron chi connectivity index (χ1n) is 5.70. The second-order valence-corrected chi connectivity index (χ2v) is 3.91. The summed E-state index contributed by atoms with van der Waals surface area (Å²) in [5, 5.41) is 0. The molecule has 1 aliphatic rings. The van der Waals surface area contributed by atoms with E-state index in [1.54, 1.807) is 6.08 Å². The molecule has 0 bridgehead atoms. The van der Waals surface area contributed by atoms with Gasteiger partial charge >= 0.3 is 17.9 Å². The van der Waals surface area contributed by atoms with Crippen LogP contribution in [-0.4, -0.2) is 43.0 Å². The van der Waals surface area contributed by atoms with E-state index in [9.17, 15) is 14.4 Å². The third kappa shape index (κ3) is 5.52. The Kier molecular flexibility index (Phi) is 5.50. The molecule has 0 unspecified atom stereocenters. The lowest BCUT2D eigenvalue weighted by Crippen LogP contribution is -2.42. The highest BCUT2D eigenvalue weighted by atomic mass is 16.7. The molecule has 1 aliphatic heterocycles. The number of esters is 3. The predicted octanol–water partition coefficient (Wildman–Crippen LogP) is 0.325. The Labute approximate surface area is 110 Å². The number of hydrogen-bond donors (Lipinski definition) is 0. The Morgan fingerprint density at radius 3 is 2.16 bits per heavy atom. The molecule has 0 saturated carbocycles. The topological polar surface area (TPSA) is 88.1 Å². The fourth-order valence-corrected chi connectivity index (χ4v) is 1.46. The minimum Gasteiger partial charge on any atom is -0.463 e. The van der Waals surface area contributed by atoms with Crippen molar-refractivity contribution in [2.24, 2.45) is 0 Å². The van der Waals surface area contributed by atoms with Crippen LogP contribution in [0.3, 0.4) is 0 Å². The molecule has 1 heterocycles. The lowest BCUT2D eigenvalue weighted by molar-refractivity contribution is -0.219. The van der Waals surface area contributed by atoms with E-state index in [1.165, 1.54) is 26.8 Å². The van der Waals surface area contributed by atoms with Crippen molar-refractivity contribution < 1.29 is 33.3 Å². The molecule has 0 saturated heterocycles. The van der Waals surface area contributed by atoms with Crippen LogP contribution in [0.1, 0.15) is 20.8 Å². The van der Waals surface area contributed by atoms with Crippen LogP contribution in [0.5, 0.6) is 0 Å². The summed E-state index contributed by atoms with van der Waals surface area (Å²) in [7, 11) is 0. The molecule has 19 heavy (non-hydrogen) atoms. The minimum absolute atomic E-state index is 0.00358. The van der Waals surface area contributed by atoms with Gasteiger partial charge in [-0.1, -0.05) is 6.08 Å². The third-order valence-electron chi connectivity index (χ3n) is 2.13. The van der Waals surface area contributed by atoms with E-state index in [4.69, 9.17) is 18.9 Å². The molecular weight excluding hydrogens is 256 g/mol. The van der Waals surface area contributed by atoms with E-state index in [-0.39, 0.29) is 6.61 Å². The van der Waals surface area contributed by atoms with Gasteiger partial charge in [-0.2, -0.15) is 0 Å². The van der Waals surface area contributed by atoms with Crippen LogP contribution in [0.4, 0.5) is 0 Å². The van der Waals surface area contributed by atoms with Gasteiger partial charge in [0.25, 0.3) is 0 Å². The number of rotatable bonds is 4. The molecule has 7 heteroatoms. The average Bonchev–Trinajstić information content (AvgIpc) is 2.28. The Morgan fingerprint density at radius 1 is 1.00 bits per heavy atom. The highest BCUT2D eigenvalue weighted by molar-refractivity contribution is 5.67. The summed E-state index contributed by atoms with van der Waals surface area (Å²) < 4.78 is 20.0.